The molecule has 128 valence electrons. The van der Waals surface area contributed by atoms with Crippen LogP contribution in [0.2, 0.25) is 0 Å². The van der Waals surface area contributed by atoms with Crippen molar-refractivity contribution < 1.29 is 4.42 Å². The highest BCUT2D eigenvalue weighted by atomic mass is 16.4. The standard InChI is InChI=1S/C21H13N5O/c1-22-21-26-18-11-14(6-8-20(18)27-21)13-5-7-16-17(10-13)25-19(12-24-16)15-4-2-3-9-23-15/h2-12H,1H2. The van der Waals surface area contributed by atoms with Crippen LogP contribution in [0.25, 0.3) is 44.6 Å². The summed E-state index contributed by atoms with van der Waals surface area (Å²) in [4.78, 5) is 21.6. The van der Waals surface area contributed by atoms with E-state index in [1.54, 1.807) is 12.4 Å². The molecule has 0 aliphatic rings. The number of benzene rings is 2. The highest BCUT2D eigenvalue weighted by Crippen LogP contribution is 2.28. The van der Waals surface area contributed by atoms with E-state index in [1.807, 2.05) is 54.6 Å². The first-order valence-electron chi connectivity index (χ1n) is 8.36. The minimum atomic E-state index is 0.270. The van der Waals surface area contributed by atoms with Crippen LogP contribution in [0, 0.1) is 0 Å². The van der Waals surface area contributed by atoms with Crippen molar-refractivity contribution in [2.45, 2.75) is 0 Å². The van der Waals surface area contributed by atoms with Gasteiger partial charge in [0.15, 0.2) is 5.58 Å². The third-order valence-electron chi connectivity index (χ3n) is 4.31. The van der Waals surface area contributed by atoms with Gasteiger partial charge in [0.2, 0.25) is 0 Å². The van der Waals surface area contributed by atoms with Gasteiger partial charge in [-0.25, -0.2) is 9.98 Å². The molecule has 2 aromatic carbocycles. The second-order valence-electron chi connectivity index (χ2n) is 6.01. The van der Waals surface area contributed by atoms with Gasteiger partial charge in [-0.1, -0.05) is 18.2 Å². The minimum Gasteiger partial charge on any atom is -0.422 e. The first kappa shape index (κ1) is 15.3. The number of aromatic nitrogens is 4. The van der Waals surface area contributed by atoms with E-state index in [4.69, 9.17) is 9.40 Å². The highest BCUT2D eigenvalue weighted by molar-refractivity contribution is 5.86. The summed E-state index contributed by atoms with van der Waals surface area (Å²) < 4.78 is 5.47. The van der Waals surface area contributed by atoms with Gasteiger partial charge in [-0.3, -0.25) is 9.97 Å². The topological polar surface area (TPSA) is 77.1 Å². The Morgan fingerprint density at radius 2 is 1.63 bits per heavy atom. The molecule has 6 heteroatoms. The average molecular weight is 351 g/mol. The largest absolute Gasteiger partial charge is 0.422 e. The third-order valence-corrected chi connectivity index (χ3v) is 4.31. The summed E-state index contributed by atoms with van der Waals surface area (Å²) in [5, 5.41) is 0. The van der Waals surface area contributed by atoms with E-state index in [1.165, 1.54) is 0 Å². The second-order valence-corrected chi connectivity index (χ2v) is 6.01. The van der Waals surface area contributed by atoms with Gasteiger partial charge in [0.25, 0.3) is 0 Å². The average Bonchev–Trinajstić information content (AvgIpc) is 3.16. The number of nitrogens with zero attached hydrogens (tertiary/aromatic N) is 5. The second kappa shape index (κ2) is 6.10. The van der Waals surface area contributed by atoms with E-state index in [9.17, 15) is 0 Å². The molecular weight excluding hydrogens is 338 g/mol. The lowest BCUT2D eigenvalue weighted by molar-refractivity contribution is 0.614. The highest BCUT2D eigenvalue weighted by Gasteiger charge is 2.09. The maximum absolute atomic E-state index is 5.47. The first-order chi connectivity index (χ1) is 13.3. The molecule has 0 fully saturated rings. The van der Waals surface area contributed by atoms with E-state index in [-0.39, 0.29) is 6.01 Å². The zero-order chi connectivity index (χ0) is 18.2. The van der Waals surface area contributed by atoms with Crippen molar-refractivity contribution in [2.75, 3.05) is 0 Å². The summed E-state index contributed by atoms with van der Waals surface area (Å²) in [5.41, 5.74) is 6.64. The van der Waals surface area contributed by atoms with Gasteiger partial charge in [0.05, 0.1) is 22.9 Å². The van der Waals surface area contributed by atoms with Crippen molar-refractivity contribution in [1.82, 2.24) is 19.9 Å². The molecule has 5 aromatic rings. The van der Waals surface area contributed by atoms with E-state index in [2.05, 4.69) is 26.7 Å². The molecule has 0 saturated carbocycles. The van der Waals surface area contributed by atoms with Crippen LogP contribution in [0.3, 0.4) is 0 Å². The Hall–Kier alpha value is -3.93. The van der Waals surface area contributed by atoms with Crippen molar-refractivity contribution in [1.29, 1.82) is 0 Å². The number of fused-ring (bicyclic) bond motifs is 2. The quantitative estimate of drug-likeness (QED) is 0.435. The fraction of sp³-hybridized carbons (Fsp3) is 0. The molecular formula is C21H13N5O. The molecule has 27 heavy (non-hydrogen) atoms. The number of hydrogen-bond acceptors (Lipinski definition) is 6. The summed E-state index contributed by atoms with van der Waals surface area (Å²) in [5.74, 6) is 0. The molecule has 0 N–H and O–H groups in total. The Balaban J connectivity index is 1.62. The van der Waals surface area contributed by atoms with Crippen molar-refractivity contribution >= 4 is 34.9 Å². The summed E-state index contributed by atoms with van der Waals surface area (Å²) in [6.07, 6.45) is 3.49. The SMILES string of the molecule is C=Nc1nc2cc(-c3ccc4ncc(-c5ccccn5)nc4c3)ccc2o1. The lowest BCUT2D eigenvalue weighted by atomic mass is 10.0. The van der Waals surface area contributed by atoms with E-state index >= 15 is 0 Å². The predicted octanol–water partition coefficient (Wildman–Crippen LogP) is 4.83. The normalized spacial score (nSPS) is 11.1. The zero-order valence-corrected chi connectivity index (χ0v) is 14.2. The fourth-order valence-corrected chi connectivity index (χ4v) is 2.99. The molecule has 3 heterocycles. The molecule has 0 atom stereocenters. The molecule has 0 saturated heterocycles. The van der Waals surface area contributed by atoms with Crippen LogP contribution < -0.4 is 0 Å². The van der Waals surface area contributed by atoms with Crippen LogP contribution in [0.1, 0.15) is 0 Å². The molecule has 0 aliphatic carbocycles. The lowest BCUT2D eigenvalue weighted by Crippen LogP contribution is -1.91. The van der Waals surface area contributed by atoms with Crippen LogP contribution in [0.5, 0.6) is 0 Å². The Labute approximate surface area is 154 Å². The molecule has 0 unspecified atom stereocenters. The van der Waals surface area contributed by atoms with Crippen LogP contribution in [-0.2, 0) is 0 Å². The first-order valence-corrected chi connectivity index (χ1v) is 8.36. The number of hydrogen-bond donors (Lipinski definition) is 0. The number of aliphatic imine (C=N–C) groups is 1. The molecule has 0 amide bonds. The molecule has 0 aliphatic heterocycles. The van der Waals surface area contributed by atoms with Gasteiger partial charge in [0.1, 0.15) is 11.2 Å². The number of pyridine rings is 1. The van der Waals surface area contributed by atoms with Crippen LogP contribution in [0.15, 0.2) is 76.4 Å². The summed E-state index contributed by atoms with van der Waals surface area (Å²) >= 11 is 0. The van der Waals surface area contributed by atoms with Crippen LogP contribution >= 0.6 is 0 Å². The van der Waals surface area contributed by atoms with Crippen molar-refractivity contribution in [2.24, 2.45) is 4.99 Å². The van der Waals surface area contributed by atoms with Crippen LogP contribution in [-0.4, -0.2) is 26.7 Å². The lowest BCUT2D eigenvalue weighted by Gasteiger charge is -2.05. The Kier molecular flexibility index (Phi) is 3.47. The van der Waals surface area contributed by atoms with E-state index in [0.717, 1.165) is 39.1 Å². The van der Waals surface area contributed by atoms with Crippen molar-refractivity contribution in [3.8, 4) is 22.5 Å². The molecule has 6 nitrogen and oxygen atoms in total. The number of rotatable bonds is 3. The molecule has 0 spiro atoms. The minimum absolute atomic E-state index is 0.270. The molecule has 0 radical (unpaired) electrons. The van der Waals surface area contributed by atoms with E-state index in [0.29, 0.717) is 5.58 Å². The Morgan fingerprint density at radius 1 is 0.778 bits per heavy atom. The smallest absolute Gasteiger partial charge is 0.322 e. The van der Waals surface area contributed by atoms with Gasteiger partial charge in [0, 0.05) is 6.20 Å². The van der Waals surface area contributed by atoms with E-state index < -0.39 is 0 Å². The van der Waals surface area contributed by atoms with Crippen molar-refractivity contribution in [3.05, 3.63) is 67.0 Å². The van der Waals surface area contributed by atoms with Gasteiger partial charge in [-0.15, -0.1) is 0 Å². The molecule has 3 aromatic heterocycles. The maximum Gasteiger partial charge on any atom is 0.322 e. The maximum atomic E-state index is 5.47. The van der Waals surface area contributed by atoms with Gasteiger partial charge in [-0.2, -0.15) is 4.98 Å². The van der Waals surface area contributed by atoms with Crippen molar-refractivity contribution in [3.63, 3.8) is 0 Å². The molecule has 5 rings (SSSR count). The molecule has 0 bridgehead atoms. The fourth-order valence-electron chi connectivity index (χ4n) is 2.99. The Morgan fingerprint density at radius 3 is 2.44 bits per heavy atom. The summed E-state index contributed by atoms with van der Waals surface area (Å²) in [6, 6.07) is 17.8. The summed E-state index contributed by atoms with van der Waals surface area (Å²) in [7, 11) is 0. The van der Waals surface area contributed by atoms with Gasteiger partial charge >= 0.3 is 6.01 Å². The van der Waals surface area contributed by atoms with Crippen LogP contribution in [0.4, 0.5) is 6.01 Å². The predicted molar refractivity (Wildman–Crippen MR) is 105 cm³/mol. The van der Waals surface area contributed by atoms with Gasteiger partial charge in [-0.05, 0) is 54.2 Å². The zero-order valence-electron chi connectivity index (χ0n) is 14.2. The summed E-state index contributed by atoms with van der Waals surface area (Å²) in [6.45, 7) is 3.45. The van der Waals surface area contributed by atoms with Gasteiger partial charge < -0.3 is 4.42 Å². The third kappa shape index (κ3) is 2.73. The number of oxazole rings is 1. The monoisotopic (exact) mass is 351 g/mol. The Bertz CT molecular complexity index is 1290.